The molecule has 0 aliphatic carbocycles. The number of aryl methyl sites for hydroxylation is 1. The van der Waals surface area contributed by atoms with Crippen LogP contribution in [0.25, 0.3) is 6.08 Å². The molecule has 0 radical (unpaired) electrons. The van der Waals surface area contributed by atoms with Crippen LogP contribution in [-0.2, 0) is 11.2 Å². The first-order chi connectivity index (χ1) is 9.17. The van der Waals surface area contributed by atoms with Gasteiger partial charge in [-0.25, -0.2) is 4.99 Å². The Hall–Kier alpha value is -2.10. The number of nitrogens with one attached hydrogen (secondary N) is 1. The second kappa shape index (κ2) is 5.69. The van der Waals surface area contributed by atoms with Gasteiger partial charge in [-0.05, 0) is 35.8 Å². The zero-order valence-corrected chi connectivity index (χ0v) is 11.5. The van der Waals surface area contributed by atoms with Crippen molar-refractivity contribution < 1.29 is 9.53 Å². The van der Waals surface area contributed by atoms with E-state index in [1.54, 1.807) is 13.2 Å². The van der Waals surface area contributed by atoms with Gasteiger partial charge in [0.2, 0.25) is 0 Å². The Morgan fingerprint density at radius 2 is 2.11 bits per heavy atom. The van der Waals surface area contributed by atoms with Crippen molar-refractivity contribution in [2.45, 2.75) is 26.7 Å². The number of hydrogen-bond acceptors (Lipinski definition) is 3. The molecule has 0 spiro atoms. The van der Waals surface area contributed by atoms with Crippen molar-refractivity contribution in [2.75, 3.05) is 7.11 Å². The van der Waals surface area contributed by atoms with Crippen molar-refractivity contribution in [3.05, 3.63) is 35.0 Å². The number of amidine groups is 1. The van der Waals surface area contributed by atoms with Gasteiger partial charge in [0.25, 0.3) is 5.91 Å². The second-order valence-corrected chi connectivity index (χ2v) is 4.32. The number of ether oxygens (including phenoxy) is 1. The standard InChI is InChI=1S/C15H18N2O2/c1-4-11-8-10(6-7-13(11)19-3)9-12-15(18)17-14(5-2)16-12/h6-9H,4-5H2,1-3H3,(H,16,17,18)/b12-9+. The largest absolute Gasteiger partial charge is 0.496 e. The van der Waals surface area contributed by atoms with Crippen LogP contribution in [-0.4, -0.2) is 18.9 Å². The third kappa shape index (κ3) is 2.84. The first-order valence-corrected chi connectivity index (χ1v) is 6.45. The van der Waals surface area contributed by atoms with Crippen LogP contribution in [0.4, 0.5) is 0 Å². The summed E-state index contributed by atoms with van der Waals surface area (Å²) in [7, 11) is 1.66. The summed E-state index contributed by atoms with van der Waals surface area (Å²) in [5.41, 5.74) is 2.54. The van der Waals surface area contributed by atoms with E-state index in [4.69, 9.17) is 4.74 Å². The molecule has 1 N–H and O–H groups in total. The highest BCUT2D eigenvalue weighted by Crippen LogP contribution is 2.22. The van der Waals surface area contributed by atoms with Gasteiger partial charge in [0.05, 0.1) is 7.11 Å². The summed E-state index contributed by atoms with van der Waals surface area (Å²) in [6.45, 7) is 4.04. The zero-order valence-electron chi connectivity index (χ0n) is 11.5. The van der Waals surface area contributed by atoms with Gasteiger partial charge >= 0.3 is 0 Å². The third-order valence-corrected chi connectivity index (χ3v) is 3.07. The van der Waals surface area contributed by atoms with E-state index in [0.29, 0.717) is 5.70 Å². The number of benzene rings is 1. The molecule has 0 fully saturated rings. The van der Waals surface area contributed by atoms with Crippen LogP contribution in [0.5, 0.6) is 5.75 Å². The summed E-state index contributed by atoms with van der Waals surface area (Å²) in [6, 6.07) is 5.87. The molecule has 1 aromatic carbocycles. The lowest BCUT2D eigenvalue weighted by atomic mass is 10.1. The third-order valence-electron chi connectivity index (χ3n) is 3.07. The summed E-state index contributed by atoms with van der Waals surface area (Å²) < 4.78 is 5.29. The molecule has 1 aliphatic heterocycles. The molecule has 2 rings (SSSR count). The lowest BCUT2D eigenvalue weighted by Gasteiger charge is -2.07. The van der Waals surface area contributed by atoms with Gasteiger partial charge < -0.3 is 10.1 Å². The van der Waals surface area contributed by atoms with Crippen molar-refractivity contribution >= 4 is 17.8 Å². The normalized spacial score (nSPS) is 16.5. The van der Waals surface area contributed by atoms with E-state index in [1.165, 1.54) is 0 Å². The first kappa shape index (κ1) is 13.3. The molecule has 1 amide bonds. The molecular formula is C15H18N2O2. The highest BCUT2D eigenvalue weighted by Gasteiger charge is 2.18. The van der Waals surface area contributed by atoms with Gasteiger partial charge in [-0.1, -0.05) is 19.9 Å². The molecule has 1 aromatic rings. The number of methoxy groups -OCH3 is 1. The average Bonchev–Trinajstić information content (AvgIpc) is 2.79. The van der Waals surface area contributed by atoms with Crippen LogP contribution >= 0.6 is 0 Å². The SMILES string of the molecule is CCC1=N/C(=C/c2ccc(OC)c(CC)c2)C(=O)N1. The average molecular weight is 258 g/mol. The van der Waals surface area contributed by atoms with E-state index in [1.807, 2.05) is 25.1 Å². The van der Waals surface area contributed by atoms with Gasteiger partial charge in [0.1, 0.15) is 17.3 Å². The molecule has 0 bridgehead atoms. The number of aliphatic imine (C=N–C) groups is 1. The molecule has 1 heterocycles. The molecule has 0 unspecified atom stereocenters. The number of rotatable bonds is 4. The molecule has 0 atom stereocenters. The Labute approximate surface area is 113 Å². The molecule has 100 valence electrons. The quantitative estimate of drug-likeness (QED) is 0.844. The fraction of sp³-hybridized carbons (Fsp3) is 0.333. The van der Waals surface area contributed by atoms with Gasteiger partial charge in [-0.15, -0.1) is 0 Å². The van der Waals surface area contributed by atoms with Gasteiger partial charge in [0, 0.05) is 6.42 Å². The van der Waals surface area contributed by atoms with Gasteiger partial charge in [-0.3, -0.25) is 4.79 Å². The topological polar surface area (TPSA) is 50.7 Å². The van der Waals surface area contributed by atoms with E-state index < -0.39 is 0 Å². The minimum Gasteiger partial charge on any atom is -0.496 e. The summed E-state index contributed by atoms with van der Waals surface area (Å²) >= 11 is 0. The van der Waals surface area contributed by atoms with E-state index in [-0.39, 0.29) is 5.91 Å². The van der Waals surface area contributed by atoms with E-state index in [0.717, 1.165) is 35.6 Å². The first-order valence-electron chi connectivity index (χ1n) is 6.45. The predicted molar refractivity (Wildman–Crippen MR) is 76.2 cm³/mol. The maximum atomic E-state index is 11.7. The molecule has 0 aromatic heterocycles. The Balaban J connectivity index is 2.33. The Kier molecular flexibility index (Phi) is 4.00. The predicted octanol–water partition coefficient (Wildman–Crippen LogP) is 2.54. The van der Waals surface area contributed by atoms with Gasteiger partial charge in [-0.2, -0.15) is 0 Å². The fourth-order valence-electron chi connectivity index (χ4n) is 2.01. The molecule has 0 saturated carbocycles. The second-order valence-electron chi connectivity index (χ2n) is 4.32. The molecule has 19 heavy (non-hydrogen) atoms. The smallest absolute Gasteiger partial charge is 0.275 e. The monoisotopic (exact) mass is 258 g/mol. The van der Waals surface area contributed by atoms with Crippen molar-refractivity contribution in [1.29, 1.82) is 0 Å². The number of nitrogens with zero attached hydrogens (tertiary/aromatic N) is 1. The Bertz CT molecular complexity index is 559. The lowest BCUT2D eigenvalue weighted by molar-refractivity contribution is -0.115. The minimum atomic E-state index is -0.134. The maximum Gasteiger partial charge on any atom is 0.275 e. The number of carbonyl (C=O) groups excluding carboxylic acids is 1. The molecule has 4 nitrogen and oxygen atoms in total. The molecular weight excluding hydrogens is 240 g/mol. The molecule has 1 aliphatic rings. The van der Waals surface area contributed by atoms with Crippen molar-refractivity contribution in [3.63, 3.8) is 0 Å². The number of carbonyl (C=O) groups is 1. The lowest BCUT2D eigenvalue weighted by Crippen LogP contribution is -2.22. The van der Waals surface area contributed by atoms with Crippen LogP contribution in [0.2, 0.25) is 0 Å². The highest BCUT2D eigenvalue weighted by atomic mass is 16.5. The van der Waals surface area contributed by atoms with E-state index >= 15 is 0 Å². The molecule has 0 saturated heterocycles. The van der Waals surface area contributed by atoms with Crippen LogP contribution in [0, 0.1) is 0 Å². The summed E-state index contributed by atoms with van der Waals surface area (Å²) in [5.74, 6) is 1.46. The van der Waals surface area contributed by atoms with Crippen molar-refractivity contribution in [3.8, 4) is 5.75 Å². The van der Waals surface area contributed by atoms with E-state index in [2.05, 4.69) is 17.2 Å². The van der Waals surface area contributed by atoms with Crippen LogP contribution < -0.4 is 10.1 Å². The number of amides is 1. The van der Waals surface area contributed by atoms with Crippen molar-refractivity contribution in [2.24, 2.45) is 4.99 Å². The molecule has 4 heteroatoms. The van der Waals surface area contributed by atoms with Crippen LogP contribution in [0.15, 0.2) is 28.9 Å². The fourth-order valence-corrected chi connectivity index (χ4v) is 2.01. The number of hydrogen-bond donors (Lipinski definition) is 1. The van der Waals surface area contributed by atoms with Crippen LogP contribution in [0.3, 0.4) is 0 Å². The Morgan fingerprint density at radius 3 is 2.68 bits per heavy atom. The summed E-state index contributed by atoms with van der Waals surface area (Å²) in [5, 5.41) is 2.74. The highest BCUT2D eigenvalue weighted by molar-refractivity contribution is 6.14. The Morgan fingerprint density at radius 1 is 1.32 bits per heavy atom. The zero-order chi connectivity index (χ0) is 13.8. The summed E-state index contributed by atoms with van der Waals surface area (Å²) in [4.78, 5) is 16.0. The van der Waals surface area contributed by atoms with E-state index in [9.17, 15) is 4.79 Å². The van der Waals surface area contributed by atoms with Crippen molar-refractivity contribution in [1.82, 2.24) is 5.32 Å². The van der Waals surface area contributed by atoms with Gasteiger partial charge in [0.15, 0.2) is 0 Å². The summed E-state index contributed by atoms with van der Waals surface area (Å²) in [6.07, 6.45) is 3.42. The maximum absolute atomic E-state index is 11.7. The minimum absolute atomic E-state index is 0.134. The van der Waals surface area contributed by atoms with Crippen LogP contribution in [0.1, 0.15) is 31.4 Å².